The van der Waals surface area contributed by atoms with Crippen molar-refractivity contribution in [3.63, 3.8) is 0 Å². The van der Waals surface area contributed by atoms with Gasteiger partial charge in [0.05, 0.1) is 12.1 Å². The molecule has 1 atom stereocenters. The molecule has 1 heterocycles. The van der Waals surface area contributed by atoms with Gasteiger partial charge in [-0.25, -0.2) is 0 Å². The first-order valence-electron chi connectivity index (χ1n) is 5.90. The van der Waals surface area contributed by atoms with Crippen molar-refractivity contribution < 1.29 is 0 Å². The molecule has 0 spiro atoms. The highest BCUT2D eigenvalue weighted by Gasteiger charge is 2.29. The molecule has 0 aliphatic rings. The van der Waals surface area contributed by atoms with Gasteiger partial charge in [0, 0.05) is 22.2 Å². The monoisotopic (exact) mass is 286 g/mol. The molecule has 6 heteroatoms. The van der Waals surface area contributed by atoms with Crippen molar-refractivity contribution in [3.8, 4) is 12.1 Å². The molecule has 0 fully saturated rings. The lowest BCUT2D eigenvalue weighted by molar-refractivity contribution is 0.701. The molecular weight excluding hydrogens is 276 g/mol. The molecular formula is C14H11ClN4O. The molecule has 2 N–H and O–H groups in total. The van der Waals surface area contributed by atoms with E-state index in [4.69, 9.17) is 11.6 Å². The van der Waals surface area contributed by atoms with Crippen LogP contribution in [0.2, 0.25) is 5.02 Å². The lowest BCUT2D eigenvalue weighted by Crippen LogP contribution is -2.19. The van der Waals surface area contributed by atoms with Gasteiger partial charge in [-0.3, -0.25) is 9.89 Å². The summed E-state index contributed by atoms with van der Waals surface area (Å²) in [6.07, 6.45) is 0. The molecule has 20 heavy (non-hydrogen) atoms. The molecule has 0 aliphatic heterocycles. The van der Waals surface area contributed by atoms with E-state index >= 15 is 0 Å². The Morgan fingerprint density at radius 2 is 1.95 bits per heavy atom. The summed E-state index contributed by atoms with van der Waals surface area (Å²) in [6.45, 7) is 1.72. The van der Waals surface area contributed by atoms with E-state index in [0.717, 1.165) is 0 Å². The number of hydrogen-bond donors (Lipinski definition) is 2. The van der Waals surface area contributed by atoms with Crippen LogP contribution in [0.25, 0.3) is 0 Å². The standard InChI is InChI=1S/C14H11ClN4O/c1-8-12(14(20)19-18-8)13(10(6-16)7-17)9-3-2-4-11(15)5-9/h2-5,10,13H,1H3,(H2,18,19,20)/t13-/m1/s1. The fourth-order valence-electron chi connectivity index (χ4n) is 2.23. The van der Waals surface area contributed by atoms with Crippen LogP contribution in [0.5, 0.6) is 0 Å². The first-order chi connectivity index (χ1) is 9.58. The van der Waals surface area contributed by atoms with Gasteiger partial charge >= 0.3 is 0 Å². The second-order valence-electron chi connectivity index (χ2n) is 4.39. The second kappa shape index (κ2) is 5.64. The van der Waals surface area contributed by atoms with Gasteiger partial charge in [0.1, 0.15) is 5.92 Å². The highest BCUT2D eigenvalue weighted by molar-refractivity contribution is 6.30. The average Bonchev–Trinajstić information content (AvgIpc) is 2.76. The van der Waals surface area contributed by atoms with Crippen LogP contribution < -0.4 is 5.56 Å². The molecule has 0 amide bonds. The molecule has 100 valence electrons. The molecule has 1 aromatic heterocycles. The van der Waals surface area contributed by atoms with Gasteiger partial charge in [-0.1, -0.05) is 23.7 Å². The SMILES string of the molecule is Cc1[nH][nH]c(=O)c1[C@H](c1cccc(Cl)c1)C(C#N)C#N. The fraction of sp³-hybridized carbons (Fsp3) is 0.214. The smallest absolute Gasteiger partial charge is 0.268 e. The third-order valence-electron chi connectivity index (χ3n) is 3.14. The molecule has 0 saturated carbocycles. The Bertz CT molecular complexity index is 748. The van der Waals surface area contributed by atoms with E-state index in [1.807, 2.05) is 12.1 Å². The number of halogens is 1. The van der Waals surface area contributed by atoms with E-state index in [1.165, 1.54) is 0 Å². The van der Waals surface area contributed by atoms with Crippen LogP contribution in [0.15, 0.2) is 29.1 Å². The van der Waals surface area contributed by atoms with Crippen LogP contribution in [0, 0.1) is 35.5 Å². The number of aromatic nitrogens is 2. The number of benzene rings is 1. The van der Waals surface area contributed by atoms with Crippen molar-refractivity contribution in [3.05, 3.63) is 56.5 Å². The van der Waals surface area contributed by atoms with Gasteiger partial charge < -0.3 is 5.10 Å². The summed E-state index contributed by atoms with van der Waals surface area (Å²) in [5.41, 5.74) is 1.33. The summed E-state index contributed by atoms with van der Waals surface area (Å²) in [4.78, 5) is 11.9. The number of H-pyrrole nitrogens is 2. The van der Waals surface area contributed by atoms with Gasteiger partial charge in [-0.2, -0.15) is 10.5 Å². The summed E-state index contributed by atoms with van der Waals surface area (Å²) in [7, 11) is 0. The zero-order valence-electron chi connectivity index (χ0n) is 10.6. The van der Waals surface area contributed by atoms with E-state index in [0.29, 0.717) is 21.8 Å². The minimum Gasteiger partial charge on any atom is -0.302 e. The molecule has 2 aromatic rings. The van der Waals surface area contributed by atoms with Crippen LogP contribution >= 0.6 is 11.6 Å². The molecule has 0 saturated heterocycles. The van der Waals surface area contributed by atoms with E-state index < -0.39 is 11.8 Å². The summed E-state index contributed by atoms with van der Waals surface area (Å²) in [5, 5.41) is 24.0. The number of hydrogen-bond acceptors (Lipinski definition) is 3. The van der Waals surface area contributed by atoms with Gasteiger partial charge in [0.25, 0.3) is 5.56 Å². The first-order valence-corrected chi connectivity index (χ1v) is 6.28. The highest BCUT2D eigenvalue weighted by Crippen LogP contribution is 2.32. The number of rotatable bonds is 3. The molecule has 2 rings (SSSR count). The number of nitriles is 2. The number of nitrogens with zero attached hydrogens (tertiary/aromatic N) is 2. The topological polar surface area (TPSA) is 96.2 Å². The van der Waals surface area contributed by atoms with Crippen LogP contribution in [0.1, 0.15) is 22.7 Å². The summed E-state index contributed by atoms with van der Waals surface area (Å²) in [5.74, 6) is -1.61. The largest absolute Gasteiger partial charge is 0.302 e. The Labute approximate surface area is 120 Å². The van der Waals surface area contributed by atoms with Crippen LogP contribution in [0.4, 0.5) is 0 Å². The number of aromatic amines is 2. The quantitative estimate of drug-likeness (QED) is 0.907. The van der Waals surface area contributed by atoms with Gasteiger partial charge in [-0.15, -0.1) is 0 Å². The van der Waals surface area contributed by atoms with Crippen molar-refractivity contribution in [2.75, 3.05) is 0 Å². The van der Waals surface area contributed by atoms with E-state index in [2.05, 4.69) is 10.2 Å². The van der Waals surface area contributed by atoms with Crippen LogP contribution in [-0.2, 0) is 0 Å². The van der Waals surface area contributed by atoms with Crippen LogP contribution in [-0.4, -0.2) is 10.2 Å². The normalized spacial score (nSPS) is 11.8. The Morgan fingerprint density at radius 1 is 1.25 bits per heavy atom. The minimum atomic E-state index is -0.968. The maximum atomic E-state index is 11.9. The summed E-state index contributed by atoms with van der Waals surface area (Å²) < 4.78 is 0. The molecule has 1 aromatic carbocycles. The van der Waals surface area contributed by atoms with E-state index in [9.17, 15) is 15.3 Å². The summed E-state index contributed by atoms with van der Waals surface area (Å²) >= 11 is 5.96. The molecule has 0 aliphatic carbocycles. The third-order valence-corrected chi connectivity index (χ3v) is 3.38. The number of aryl methyl sites for hydroxylation is 1. The van der Waals surface area contributed by atoms with Crippen molar-refractivity contribution in [1.82, 2.24) is 10.2 Å². The van der Waals surface area contributed by atoms with Gasteiger partial charge in [0.2, 0.25) is 0 Å². The van der Waals surface area contributed by atoms with Crippen molar-refractivity contribution in [2.45, 2.75) is 12.8 Å². The molecule has 0 bridgehead atoms. The average molecular weight is 287 g/mol. The second-order valence-corrected chi connectivity index (χ2v) is 4.82. The van der Waals surface area contributed by atoms with Crippen molar-refractivity contribution >= 4 is 11.6 Å². The first kappa shape index (κ1) is 13.9. The Balaban J connectivity index is 2.67. The zero-order valence-corrected chi connectivity index (χ0v) is 11.4. The van der Waals surface area contributed by atoms with Crippen molar-refractivity contribution in [2.24, 2.45) is 5.92 Å². The third kappa shape index (κ3) is 2.45. The maximum Gasteiger partial charge on any atom is 0.268 e. The Hall–Kier alpha value is -2.50. The van der Waals surface area contributed by atoms with Crippen molar-refractivity contribution in [1.29, 1.82) is 10.5 Å². The Kier molecular flexibility index (Phi) is 3.93. The maximum absolute atomic E-state index is 11.9. The molecule has 0 radical (unpaired) electrons. The van der Waals surface area contributed by atoms with E-state index in [-0.39, 0.29) is 5.56 Å². The lowest BCUT2D eigenvalue weighted by Gasteiger charge is -2.17. The zero-order chi connectivity index (χ0) is 14.7. The highest BCUT2D eigenvalue weighted by atomic mass is 35.5. The predicted octanol–water partition coefficient (Wildman–Crippen LogP) is 2.46. The lowest BCUT2D eigenvalue weighted by atomic mass is 9.82. The minimum absolute atomic E-state index is 0.331. The fourth-order valence-corrected chi connectivity index (χ4v) is 2.43. The van der Waals surface area contributed by atoms with Crippen LogP contribution in [0.3, 0.4) is 0 Å². The molecule has 0 unspecified atom stereocenters. The summed E-state index contributed by atoms with van der Waals surface area (Å²) in [6, 6.07) is 10.7. The predicted molar refractivity (Wildman–Crippen MR) is 74.2 cm³/mol. The Morgan fingerprint density at radius 3 is 2.45 bits per heavy atom. The van der Waals surface area contributed by atoms with Gasteiger partial charge in [-0.05, 0) is 24.6 Å². The van der Waals surface area contributed by atoms with Gasteiger partial charge in [0.15, 0.2) is 0 Å². The molecule has 5 nitrogen and oxygen atoms in total. The number of nitrogens with one attached hydrogen (secondary N) is 2. The van der Waals surface area contributed by atoms with E-state index in [1.54, 1.807) is 31.2 Å².